The van der Waals surface area contributed by atoms with Gasteiger partial charge in [0.05, 0.1) is 6.42 Å². The number of ketones is 1. The van der Waals surface area contributed by atoms with Crippen LogP contribution in [0.25, 0.3) is 0 Å². The highest BCUT2D eigenvalue weighted by atomic mass is 28.4. The Hall–Kier alpha value is -2.68. The summed E-state index contributed by atoms with van der Waals surface area (Å²) in [5.41, 5.74) is -0.612. The number of carbonyl (C=O) groups is 2. The van der Waals surface area contributed by atoms with E-state index in [0.717, 1.165) is 12.8 Å². The van der Waals surface area contributed by atoms with Crippen molar-refractivity contribution in [1.29, 1.82) is 0 Å². The first-order valence-electron chi connectivity index (χ1n) is 15.2. The summed E-state index contributed by atoms with van der Waals surface area (Å²) in [5.74, 6) is 6.70. The number of hydrogen-bond acceptors (Lipinski definition) is 4. The summed E-state index contributed by atoms with van der Waals surface area (Å²) >= 11 is 0. The zero-order valence-electron chi connectivity index (χ0n) is 26.5. The highest BCUT2D eigenvalue weighted by molar-refractivity contribution is 6.99. The molecule has 41 heavy (non-hydrogen) atoms. The van der Waals surface area contributed by atoms with E-state index in [-0.39, 0.29) is 29.1 Å². The fourth-order valence-electron chi connectivity index (χ4n) is 6.01. The van der Waals surface area contributed by atoms with Gasteiger partial charge in [-0.05, 0) is 79.6 Å². The largest absolute Gasteiger partial charge is 0.460 e. The van der Waals surface area contributed by atoms with Gasteiger partial charge in [-0.15, -0.1) is 0 Å². The molecule has 1 saturated carbocycles. The fraction of sp³-hybridized carbons (Fsp3) is 0.556. The molecule has 2 aromatic carbocycles. The van der Waals surface area contributed by atoms with E-state index >= 15 is 0 Å². The molecule has 0 aliphatic heterocycles. The summed E-state index contributed by atoms with van der Waals surface area (Å²) in [6, 6.07) is 20.9. The molecule has 0 saturated heterocycles. The van der Waals surface area contributed by atoms with Crippen molar-refractivity contribution < 1.29 is 18.8 Å². The van der Waals surface area contributed by atoms with Gasteiger partial charge in [-0.3, -0.25) is 9.59 Å². The third kappa shape index (κ3) is 9.15. The Kier molecular flexibility index (Phi) is 11.2. The van der Waals surface area contributed by atoms with Gasteiger partial charge in [-0.1, -0.05) is 101 Å². The Morgan fingerprint density at radius 3 is 1.90 bits per heavy atom. The number of rotatable bonds is 11. The zero-order chi connectivity index (χ0) is 30.3. The van der Waals surface area contributed by atoms with Gasteiger partial charge in [-0.2, -0.15) is 0 Å². The maximum Gasteiger partial charge on any atom is 0.307 e. The normalized spacial score (nSPS) is 18.2. The number of ether oxygens (including phenoxy) is 1. The second kappa shape index (κ2) is 14.0. The minimum atomic E-state index is -2.75. The lowest BCUT2D eigenvalue weighted by Crippen LogP contribution is -2.66. The van der Waals surface area contributed by atoms with Crippen LogP contribution in [-0.2, 0) is 18.8 Å². The summed E-state index contributed by atoms with van der Waals surface area (Å²) in [7, 11) is -2.75. The van der Waals surface area contributed by atoms with Crippen LogP contribution in [0.4, 0.5) is 0 Å². The van der Waals surface area contributed by atoms with E-state index in [9.17, 15) is 9.59 Å². The molecule has 0 heterocycles. The van der Waals surface area contributed by atoms with Gasteiger partial charge in [0, 0.05) is 18.4 Å². The number of hydrogen-bond donors (Lipinski definition) is 0. The molecule has 1 aliphatic rings. The molecule has 3 rings (SSSR count). The van der Waals surface area contributed by atoms with E-state index in [4.69, 9.17) is 9.16 Å². The third-order valence-electron chi connectivity index (χ3n) is 7.85. The molecule has 2 aromatic rings. The molecule has 0 radical (unpaired) electrons. The number of Topliss-reactive ketones (excluding diaryl/α,β-unsaturated/α-hetero) is 1. The summed E-state index contributed by atoms with van der Waals surface area (Å²) in [4.78, 5) is 26.2. The molecule has 1 aliphatic carbocycles. The third-order valence-corrected chi connectivity index (χ3v) is 12.9. The van der Waals surface area contributed by atoms with Gasteiger partial charge < -0.3 is 9.16 Å². The van der Waals surface area contributed by atoms with Crippen molar-refractivity contribution in [3.05, 3.63) is 60.7 Å². The van der Waals surface area contributed by atoms with Crippen LogP contribution in [0.5, 0.6) is 0 Å². The van der Waals surface area contributed by atoms with Gasteiger partial charge in [0.15, 0.2) is 0 Å². The van der Waals surface area contributed by atoms with Crippen LogP contribution in [0, 0.1) is 35.5 Å². The van der Waals surface area contributed by atoms with E-state index in [1.807, 2.05) is 32.9 Å². The van der Waals surface area contributed by atoms with Crippen LogP contribution in [-0.4, -0.2) is 32.3 Å². The van der Waals surface area contributed by atoms with Crippen molar-refractivity contribution in [2.24, 2.45) is 23.7 Å². The molecule has 5 heteroatoms. The Morgan fingerprint density at radius 2 is 1.44 bits per heavy atom. The van der Waals surface area contributed by atoms with Crippen molar-refractivity contribution in [1.82, 2.24) is 0 Å². The average molecular weight is 575 g/mol. The van der Waals surface area contributed by atoms with Gasteiger partial charge in [-0.25, -0.2) is 0 Å². The smallest absolute Gasteiger partial charge is 0.307 e. The maximum absolute atomic E-state index is 13.4. The summed E-state index contributed by atoms with van der Waals surface area (Å²) in [6.07, 6.45) is 3.76. The van der Waals surface area contributed by atoms with Crippen molar-refractivity contribution >= 4 is 30.4 Å². The van der Waals surface area contributed by atoms with Gasteiger partial charge in [0.1, 0.15) is 5.60 Å². The lowest BCUT2D eigenvalue weighted by atomic mass is 9.72. The molecule has 1 fully saturated rings. The lowest BCUT2D eigenvalue weighted by Gasteiger charge is -2.43. The minimum Gasteiger partial charge on any atom is -0.460 e. The quantitative estimate of drug-likeness (QED) is 0.126. The van der Waals surface area contributed by atoms with Crippen LogP contribution < -0.4 is 10.4 Å². The van der Waals surface area contributed by atoms with Crippen LogP contribution in [0.15, 0.2) is 60.7 Å². The maximum atomic E-state index is 13.4. The van der Waals surface area contributed by atoms with E-state index in [0.29, 0.717) is 24.9 Å². The predicted octanol–water partition coefficient (Wildman–Crippen LogP) is 6.95. The van der Waals surface area contributed by atoms with Gasteiger partial charge >= 0.3 is 5.97 Å². The molecular weight excluding hydrogens is 524 g/mol. The molecule has 0 unspecified atom stereocenters. The summed E-state index contributed by atoms with van der Waals surface area (Å²) < 4.78 is 12.6. The Bertz CT molecular complexity index is 1150. The molecule has 0 amide bonds. The molecule has 0 N–H and O–H groups in total. The number of esters is 1. The monoisotopic (exact) mass is 574 g/mol. The van der Waals surface area contributed by atoms with Gasteiger partial charge in [0.2, 0.25) is 5.78 Å². The van der Waals surface area contributed by atoms with E-state index in [1.165, 1.54) is 16.8 Å². The first-order valence-corrected chi connectivity index (χ1v) is 17.1. The van der Waals surface area contributed by atoms with Crippen LogP contribution >= 0.6 is 0 Å². The van der Waals surface area contributed by atoms with Crippen LogP contribution in [0.3, 0.4) is 0 Å². The number of benzene rings is 2. The van der Waals surface area contributed by atoms with Crippen molar-refractivity contribution in [3.63, 3.8) is 0 Å². The van der Waals surface area contributed by atoms with Crippen LogP contribution in [0.2, 0.25) is 5.04 Å². The molecule has 222 valence electrons. The molecule has 0 bridgehead atoms. The van der Waals surface area contributed by atoms with Crippen molar-refractivity contribution in [2.75, 3.05) is 6.61 Å². The molecule has 0 aromatic heterocycles. The van der Waals surface area contributed by atoms with E-state index in [2.05, 4.69) is 95.0 Å². The first kappa shape index (κ1) is 32.8. The average Bonchev–Trinajstić information content (AvgIpc) is 2.86. The summed E-state index contributed by atoms with van der Waals surface area (Å²) in [6.45, 7) is 17.1. The molecule has 0 spiro atoms. The molecule has 4 nitrogen and oxygen atoms in total. The molecular formula is C36H50O4Si. The molecule has 1 atom stereocenters. The van der Waals surface area contributed by atoms with Crippen molar-refractivity contribution in [2.45, 2.75) is 98.1 Å². The first-order chi connectivity index (χ1) is 19.2. The Morgan fingerprint density at radius 1 is 0.902 bits per heavy atom. The lowest BCUT2D eigenvalue weighted by molar-refractivity contribution is -0.157. The SMILES string of the molecule is CC(C)CC1CC(C#CC(=O)[C@H](CCO[Si](c2ccccc2)(c2ccccc2)C(C)(C)C)CC(=O)OC(C)(C)C)C1. The van der Waals surface area contributed by atoms with Crippen molar-refractivity contribution in [3.8, 4) is 11.8 Å². The highest BCUT2D eigenvalue weighted by Crippen LogP contribution is 2.38. The summed E-state index contributed by atoms with van der Waals surface area (Å²) in [5, 5.41) is 2.21. The van der Waals surface area contributed by atoms with Crippen LogP contribution in [0.1, 0.15) is 87.5 Å². The predicted molar refractivity (Wildman–Crippen MR) is 171 cm³/mol. The minimum absolute atomic E-state index is 0.00946. The Labute approximate surface area is 249 Å². The Balaban J connectivity index is 1.82. The standard InChI is InChI=1S/C36H50O4Si/c1-27(2)23-29-24-28(25-29)19-20-33(37)30(26-34(38)40-35(3,4)5)21-22-39-41(36(6,7)8,31-15-11-9-12-16-31)32-17-13-10-14-18-32/h9-18,27-30H,21-26H2,1-8H3/t28?,29?,30-/m1/s1. The zero-order valence-corrected chi connectivity index (χ0v) is 27.5. The number of carbonyl (C=O) groups excluding carboxylic acids is 2. The van der Waals surface area contributed by atoms with Gasteiger partial charge in [0.25, 0.3) is 8.32 Å². The second-order valence-corrected chi connectivity index (χ2v) is 18.4. The highest BCUT2D eigenvalue weighted by Gasteiger charge is 2.50. The van der Waals surface area contributed by atoms with E-state index < -0.39 is 19.8 Å². The van der Waals surface area contributed by atoms with E-state index in [1.54, 1.807) is 0 Å². The fourth-order valence-corrected chi connectivity index (χ4v) is 10.6. The second-order valence-electron chi connectivity index (χ2n) is 14.1. The topological polar surface area (TPSA) is 52.6 Å².